The maximum atomic E-state index is 12.1. The molecular weight excluding hydrogens is 350 g/mol. The van der Waals surface area contributed by atoms with Crippen LogP contribution in [0.5, 0.6) is 0 Å². The van der Waals surface area contributed by atoms with E-state index in [1.54, 1.807) is 18.2 Å². The van der Waals surface area contributed by atoms with E-state index in [9.17, 15) is 13.2 Å². The lowest BCUT2D eigenvalue weighted by molar-refractivity contribution is 0.0937. The Morgan fingerprint density at radius 1 is 1.42 bits per heavy atom. The van der Waals surface area contributed by atoms with Gasteiger partial charge in [-0.25, -0.2) is 8.42 Å². The van der Waals surface area contributed by atoms with Gasteiger partial charge in [-0.05, 0) is 47.0 Å². The van der Waals surface area contributed by atoms with Crippen molar-refractivity contribution >= 4 is 44.3 Å². The fourth-order valence-corrected chi connectivity index (χ4v) is 4.35. The summed E-state index contributed by atoms with van der Waals surface area (Å²) in [6.45, 7) is 0. The minimum absolute atomic E-state index is 0.0247. The lowest BCUT2D eigenvalue weighted by atomic mass is 10.1. The summed E-state index contributed by atoms with van der Waals surface area (Å²) < 4.78 is 23.7. The summed E-state index contributed by atoms with van der Waals surface area (Å²) in [5, 5.41) is 2.78. The highest BCUT2D eigenvalue weighted by molar-refractivity contribution is 9.10. The molecule has 1 aliphatic rings. The molecule has 0 saturated carbocycles. The molecule has 2 rings (SSSR count). The average Bonchev–Trinajstić information content (AvgIpc) is 2.31. The zero-order valence-electron chi connectivity index (χ0n) is 10.1. The minimum Gasteiger partial charge on any atom is -0.348 e. The van der Waals surface area contributed by atoms with Gasteiger partial charge in [0.25, 0.3) is 5.91 Å². The molecule has 1 aliphatic heterocycles. The molecule has 1 N–H and O–H groups in total. The number of nitrogens with one attached hydrogen (secondary N) is 1. The summed E-state index contributed by atoms with van der Waals surface area (Å²) in [5.41, 5.74) is 0.468. The predicted octanol–water partition coefficient (Wildman–Crippen LogP) is 2.04. The van der Waals surface area contributed by atoms with E-state index in [-0.39, 0.29) is 23.5 Å². The number of sulfone groups is 1. The highest BCUT2D eigenvalue weighted by Gasteiger charge is 2.26. The van der Waals surface area contributed by atoms with Gasteiger partial charge in [-0.1, -0.05) is 0 Å². The van der Waals surface area contributed by atoms with Gasteiger partial charge in [0.05, 0.1) is 17.1 Å². The minimum atomic E-state index is -3.02. The SMILES string of the molecule is O=C(NC1CCCS(=O)(=O)C1)c1cc(S)ccc1Br. The number of rotatable bonds is 2. The molecule has 0 spiro atoms. The predicted molar refractivity (Wildman–Crippen MR) is 80.5 cm³/mol. The fourth-order valence-electron chi connectivity index (χ4n) is 2.09. The zero-order valence-corrected chi connectivity index (χ0v) is 13.4. The number of hydrogen-bond donors (Lipinski definition) is 2. The Bertz CT molecular complexity index is 601. The molecule has 0 aromatic heterocycles. The summed E-state index contributed by atoms with van der Waals surface area (Å²) >= 11 is 7.50. The molecule has 0 radical (unpaired) electrons. The quantitative estimate of drug-likeness (QED) is 0.790. The number of carbonyl (C=O) groups is 1. The van der Waals surface area contributed by atoms with Crippen LogP contribution in [0.2, 0.25) is 0 Å². The summed E-state index contributed by atoms with van der Waals surface area (Å²) in [6, 6.07) is 4.87. The van der Waals surface area contributed by atoms with E-state index in [1.165, 1.54) is 0 Å². The largest absolute Gasteiger partial charge is 0.348 e. The van der Waals surface area contributed by atoms with Gasteiger partial charge in [-0.15, -0.1) is 12.6 Å². The van der Waals surface area contributed by atoms with Crippen LogP contribution in [-0.2, 0) is 9.84 Å². The molecule has 4 nitrogen and oxygen atoms in total. The van der Waals surface area contributed by atoms with Crippen LogP contribution in [0.1, 0.15) is 23.2 Å². The van der Waals surface area contributed by atoms with Gasteiger partial charge in [0, 0.05) is 15.4 Å². The second-order valence-electron chi connectivity index (χ2n) is 4.59. The number of carbonyl (C=O) groups excluding carboxylic acids is 1. The Morgan fingerprint density at radius 3 is 2.84 bits per heavy atom. The molecule has 1 heterocycles. The van der Waals surface area contributed by atoms with Crippen LogP contribution >= 0.6 is 28.6 Å². The van der Waals surface area contributed by atoms with Crippen LogP contribution < -0.4 is 5.32 Å². The highest BCUT2D eigenvalue weighted by Crippen LogP contribution is 2.21. The Balaban J connectivity index is 2.11. The monoisotopic (exact) mass is 363 g/mol. The molecule has 1 saturated heterocycles. The Morgan fingerprint density at radius 2 is 2.16 bits per heavy atom. The molecule has 104 valence electrons. The molecule has 0 aliphatic carbocycles. The third kappa shape index (κ3) is 3.97. The van der Waals surface area contributed by atoms with Crippen molar-refractivity contribution in [2.24, 2.45) is 0 Å². The summed E-state index contributed by atoms with van der Waals surface area (Å²) in [5.74, 6) is -0.0311. The van der Waals surface area contributed by atoms with Crippen molar-refractivity contribution in [3.63, 3.8) is 0 Å². The number of hydrogen-bond acceptors (Lipinski definition) is 4. The first-order valence-corrected chi connectivity index (χ1v) is 8.93. The molecule has 1 unspecified atom stereocenters. The topological polar surface area (TPSA) is 63.2 Å². The van der Waals surface area contributed by atoms with Gasteiger partial charge in [0.1, 0.15) is 0 Å². The van der Waals surface area contributed by atoms with Crippen LogP contribution in [-0.4, -0.2) is 31.9 Å². The third-order valence-electron chi connectivity index (χ3n) is 2.99. The second kappa shape index (κ2) is 5.85. The third-order valence-corrected chi connectivity index (χ3v) is 5.78. The molecule has 1 aromatic rings. The number of amides is 1. The summed E-state index contributed by atoms with van der Waals surface area (Å²) in [4.78, 5) is 12.8. The van der Waals surface area contributed by atoms with Gasteiger partial charge in [0.15, 0.2) is 9.84 Å². The number of halogens is 1. The lowest BCUT2D eigenvalue weighted by Crippen LogP contribution is -2.43. The van der Waals surface area contributed by atoms with E-state index < -0.39 is 9.84 Å². The van der Waals surface area contributed by atoms with Crippen molar-refractivity contribution in [1.29, 1.82) is 0 Å². The van der Waals surface area contributed by atoms with Gasteiger partial charge < -0.3 is 5.32 Å². The first kappa shape index (κ1) is 14.9. The first-order chi connectivity index (χ1) is 8.87. The Labute approximate surface area is 126 Å². The van der Waals surface area contributed by atoms with Crippen LogP contribution in [0.25, 0.3) is 0 Å². The van der Waals surface area contributed by atoms with Gasteiger partial charge in [-0.3, -0.25) is 4.79 Å². The van der Waals surface area contributed by atoms with Crippen molar-refractivity contribution in [3.05, 3.63) is 28.2 Å². The van der Waals surface area contributed by atoms with Crippen molar-refractivity contribution in [1.82, 2.24) is 5.32 Å². The van der Waals surface area contributed by atoms with E-state index in [0.29, 0.717) is 27.8 Å². The van der Waals surface area contributed by atoms with E-state index >= 15 is 0 Å². The zero-order chi connectivity index (χ0) is 14.0. The summed E-state index contributed by atoms with van der Waals surface area (Å²) in [6.07, 6.45) is 1.30. The van der Waals surface area contributed by atoms with Crippen LogP contribution in [0.15, 0.2) is 27.6 Å². The van der Waals surface area contributed by atoms with Crippen LogP contribution in [0.4, 0.5) is 0 Å². The van der Waals surface area contributed by atoms with Crippen molar-refractivity contribution in [2.45, 2.75) is 23.8 Å². The van der Waals surface area contributed by atoms with E-state index in [4.69, 9.17) is 0 Å². The van der Waals surface area contributed by atoms with E-state index in [0.717, 1.165) is 0 Å². The molecule has 19 heavy (non-hydrogen) atoms. The molecule has 1 atom stereocenters. The lowest BCUT2D eigenvalue weighted by Gasteiger charge is -2.23. The molecule has 7 heteroatoms. The fraction of sp³-hybridized carbons (Fsp3) is 0.417. The maximum Gasteiger partial charge on any atom is 0.252 e. The van der Waals surface area contributed by atoms with Crippen LogP contribution in [0, 0.1) is 0 Å². The summed E-state index contributed by atoms with van der Waals surface area (Å²) in [7, 11) is -3.02. The van der Waals surface area contributed by atoms with Crippen molar-refractivity contribution in [2.75, 3.05) is 11.5 Å². The molecule has 0 bridgehead atoms. The molecule has 1 fully saturated rings. The van der Waals surface area contributed by atoms with Gasteiger partial charge in [0.2, 0.25) is 0 Å². The normalized spacial score (nSPS) is 21.9. The second-order valence-corrected chi connectivity index (χ2v) is 8.19. The molecule has 1 amide bonds. The molecule has 1 aromatic carbocycles. The van der Waals surface area contributed by atoms with Crippen molar-refractivity contribution in [3.8, 4) is 0 Å². The smallest absolute Gasteiger partial charge is 0.252 e. The molecular formula is C12H14BrNO3S2. The maximum absolute atomic E-state index is 12.1. The standard InChI is InChI=1S/C12H14BrNO3S2/c13-11-4-3-9(18)6-10(11)12(15)14-8-2-1-5-19(16,17)7-8/h3-4,6,8,18H,1-2,5,7H2,(H,14,15). The highest BCUT2D eigenvalue weighted by atomic mass is 79.9. The van der Waals surface area contributed by atoms with Crippen LogP contribution in [0.3, 0.4) is 0 Å². The number of thiol groups is 1. The average molecular weight is 364 g/mol. The van der Waals surface area contributed by atoms with E-state index in [1.807, 2.05) is 0 Å². The Kier molecular flexibility index (Phi) is 4.58. The number of benzene rings is 1. The van der Waals surface area contributed by atoms with Gasteiger partial charge in [-0.2, -0.15) is 0 Å². The Hall–Kier alpha value is -0.530. The first-order valence-electron chi connectivity index (χ1n) is 5.87. The van der Waals surface area contributed by atoms with E-state index in [2.05, 4.69) is 33.9 Å². The van der Waals surface area contributed by atoms with Gasteiger partial charge >= 0.3 is 0 Å². The van der Waals surface area contributed by atoms with Crippen molar-refractivity contribution < 1.29 is 13.2 Å².